The Hall–Kier alpha value is -3.22. The highest BCUT2D eigenvalue weighted by Crippen LogP contribution is 2.35. The molecule has 3 heterocycles. The Morgan fingerprint density at radius 3 is 3.00 bits per heavy atom. The number of amides is 1. The zero-order valence-corrected chi connectivity index (χ0v) is 15.4. The van der Waals surface area contributed by atoms with Crippen LogP contribution in [0.1, 0.15) is 35.2 Å². The molecule has 1 aliphatic rings. The maximum absolute atomic E-state index is 14.5. The second kappa shape index (κ2) is 7.80. The largest absolute Gasteiger partial charge is 0.485 e. The molecule has 6 nitrogen and oxygen atoms in total. The second-order valence-electron chi connectivity index (χ2n) is 6.77. The number of benzene rings is 1. The molecule has 4 rings (SSSR count). The van der Waals surface area contributed by atoms with Crippen molar-refractivity contribution < 1.29 is 18.4 Å². The summed E-state index contributed by atoms with van der Waals surface area (Å²) in [6, 6.07) is 8.69. The van der Waals surface area contributed by atoms with Crippen LogP contribution >= 0.6 is 0 Å². The smallest absolute Gasteiger partial charge is 0.273 e. The molecular weight excluding hydrogens is 361 g/mol. The summed E-state index contributed by atoms with van der Waals surface area (Å²) in [6.45, 7) is 2.28. The van der Waals surface area contributed by atoms with E-state index in [0.717, 1.165) is 29.5 Å². The van der Waals surface area contributed by atoms with Gasteiger partial charge in [0.15, 0.2) is 17.3 Å². The molecule has 144 valence electrons. The van der Waals surface area contributed by atoms with Crippen molar-refractivity contribution in [2.24, 2.45) is 0 Å². The molecule has 1 atom stereocenters. The lowest BCUT2D eigenvalue weighted by Crippen LogP contribution is -2.34. The van der Waals surface area contributed by atoms with Crippen molar-refractivity contribution in [2.45, 2.75) is 32.3 Å². The quantitative estimate of drug-likeness (QED) is 0.706. The van der Waals surface area contributed by atoms with E-state index in [1.807, 2.05) is 25.1 Å². The van der Waals surface area contributed by atoms with Crippen LogP contribution in [-0.2, 0) is 12.8 Å². The topological polar surface area (TPSA) is 77.2 Å². The number of carbonyl (C=O) groups is 1. The number of pyridine rings is 1. The molecule has 0 aliphatic carbocycles. The Morgan fingerprint density at radius 2 is 2.21 bits per heavy atom. The average molecular weight is 381 g/mol. The molecule has 7 heteroatoms. The Bertz CT molecular complexity index is 988. The van der Waals surface area contributed by atoms with Gasteiger partial charge >= 0.3 is 0 Å². The fourth-order valence-electron chi connectivity index (χ4n) is 3.28. The van der Waals surface area contributed by atoms with Crippen LogP contribution in [0.25, 0.3) is 11.1 Å². The first kappa shape index (κ1) is 18.2. The van der Waals surface area contributed by atoms with Gasteiger partial charge in [0, 0.05) is 42.4 Å². The van der Waals surface area contributed by atoms with Crippen molar-refractivity contribution >= 4 is 5.91 Å². The molecule has 0 fully saturated rings. The van der Waals surface area contributed by atoms with E-state index < -0.39 is 5.82 Å². The van der Waals surface area contributed by atoms with Gasteiger partial charge in [-0.2, -0.15) is 0 Å². The van der Waals surface area contributed by atoms with Gasteiger partial charge in [0.25, 0.3) is 5.91 Å². The summed E-state index contributed by atoms with van der Waals surface area (Å²) in [5.41, 5.74) is 2.62. The molecule has 1 aliphatic heterocycles. The van der Waals surface area contributed by atoms with Crippen LogP contribution in [0.4, 0.5) is 4.39 Å². The van der Waals surface area contributed by atoms with Gasteiger partial charge in [-0.3, -0.25) is 9.78 Å². The predicted molar refractivity (Wildman–Crippen MR) is 101 cm³/mol. The van der Waals surface area contributed by atoms with E-state index in [2.05, 4.69) is 15.5 Å². The molecule has 2 aromatic heterocycles. The van der Waals surface area contributed by atoms with Crippen molar-refractivity contribution in [1.29, 1.82) is 0 Å². The van der Waals surface area contributed by atoms with Crippen molar-refractivity contribution in [3.05, 3.63) is 65.6 Å². The monoisotopic (exact) mass is 381 g/mol. The van der Waals surface area contributed by atoms with Gasteiger partial charge in [0.2, 0.25) is 0 Å². The van der Waals surface area contributed by atoms with E-state index in [9.17, 15) is 9.18 Å². The molecule has 0 radical (unpaired) electrons. The third kappa shape index (κ3) is 3.74. The molecule has 28 heavy (non-hydrogen) atoms. The van der Waals surface area contributed by atoms with Gasteiger partial charge in [-0.1, -0.05) is 18.1 Å². The zero-order valence-electron chi connectivity index (χ0n) is 15.4. The van der Waals surface area contributed by atoms with E-state index in [4.69, 9.17) is 9.26 Å². The number of aromatic nitrogens is 2. The number of aryl methyl sites for hydroxylation is 1. The maximum atomic E-state index is 14.5. The van der Waals surface area contributed by atoms with Gasteiger partial charge in [-0.05, 0) is 30.2 Å². The molecule has 1 aromatic carbocycles. The van der Waals surface area contributed by atoms with Gasteiger partial charge < -0.3 is 14.6 Å². The molecule has 3 aromatic rings. The second-order valence-corrected chi connectivity index (χ2v) is 6.77. The van der Waals surface area contributed by atoms with Gasteiger partial charge in [-0.25, -0.2) is 4.39 Å². The number of rotatable bonds is 6. The van der Waals surface area contributed by atoms with Crippen LogP contribution in [0.3, 0.4) is 0 Å². The number of nitrogens with zero attached hydrogens (tertiary/aromatic N) is 2. The SMILES string of the molecule is CCCc1cc(C(=O)NC[C@H]2Cc3cc(-c4cccnc4)cc(F)c3O2)no1. The summed E-state index contributed by atoms with van der Waals surface area (Å²) < 4.78 is 25.3. The third-order valence-electron chi connectivity index (χ3n) is 4.63. The first-order valence-corrected chi connectivity index (χ1v) is 9.27. The fraction of sp³-hybridized carbons (Fsp3) is 0.286. The van der Waals surface area contributed by atoms with Crippen molar-refractivity contribution in [3.63, 3.8) is 0 Å². The van der Waals surface area contributed by atoms with Crippen LogP contribution < -0.4 is 10.1 Å². The molecule has 0 unspecified atom stereocenters. The number of ether oxygens (including phenoxy) is 1. The Morgan fingerprint density at radius 1 is 1.32 bits per heavy atom. The van der Waals surface area contributed by atoms with Crippen LogP contribution in [0.2, 0.25) is 0 Å². The number of halogens is 1. The maximum Gasteiger partial charge on any atom is 0.273 e. The molecule has 0 spiro atoms. The molecule has 0 saturated heterocycles. The standard InChI is InChI=1S/C21H20FN3O3/c1-2-4-16-10-19(25-28-16)21(26)24-12-17-8-15-7-14(9-18(22)20(15)27-17)13-5-3-6-23-11-13/h3,5-7,9-11,17H,2,4,8,12H2,1H3,(H,24,26)/t17-/m1/s1. The highest BCUT2D eigenvalue weighted by molar-refractivity contribution is 5.92. The Labute approximate surface area is 161 Å². The van der Waals surface area contributed by atoms with Crippen molar-refractivity contribution in [2.75, 3.05) is 6.54 Å². The minimum atomic E-state index is -0.411. The van der Waals surface area contributed by atoms with Gasteiger partial charge in [-0.15, -0.1) is 0 Å². The van der Waals surface area contributed by atoms with Gasteiger partial charge in [0.05, 0.1) is 6.54 Å². The Balaban J connectivity index is 1.40. The van der Waals surface area contributed by atoms with E-state index in [0.29, 0.717) is 12.2 Å². The van der Waals surface area contributed by atoms with E-state index in [1.165, 1.54) is 6.07 Å². The fourth-order valence-corrected chi connectivity index (χ4v) is 3.28. The first-order valence-electron chi connectivity index (χ1n) is 9.27. The summed E-state index contributed by atoms with van der Waals surface area (Å²) in [7, 11) is 0. The molecule has 1 amide bonds. The Kier molecular flexibility index (Phi) is 5.06. The first-order chi connectivity index (χ1) is 13.6. The normalized spacial score (nSPS) is 15.1. The highest BCUT2D eigenvalue weighted by atomic mass is 19.1. The summed E-state index contributed by atoms with van der Waals surface area (Å²) >= 11 is 0. The summed E-state index contributed by atoms with van der Waals surface area (Å²) in [5, 5.41) is 6.56. The van der Waals surface area contributed by atoms with Crippen LogP contribution in [0, 0.1) is 5.82 Å². The lowest BCUT2D eigenvalue weighted by atomic mass is 10.0. The van der Waals surface area contributed by atoms with Crippen LogP contribution in [0.15, 0.2) is 47.2 Å². The minimum absolute atomic E-state index is 0.240. The lowest BCUT2D eigenvalue weighted by Gasteiger charge is -2.11. The van der Waals surface area contributed by atoms with E-state index in [-0.39, 0.29) is 30.0 Å². The number of nitrogens with one attached hydrogen (secondary N) is 1. The van der Waals surface area contributed by atoms with Crippen molar-refractivity contribution in [1.82, 2.24) is 15.5 Å². The van der Waals surface area contributed by atoms with E-state index in [1.54, 1.807) is 18.5 Å². The number of carbonyl (C=O) groups excluding carboxylic acids is 1. The average Bonchev–Trinajstić information content (AvgIpc) is 3.34. The van der Waals surface area contributed by atoms with Crippen molar-refractivity contribution in [3.8, 4) is 16.9 Å². The summed E-state index contributed by atoms with van der Waals surface area (Å²) in [6.07, 6.45) is 5.20. The zero-order chi connectivity index (χ0) is 19.5. The molecule has 0 saturated carbocycles. The van der Waals surface area contributed by atoms with Crippen LogP contribution in [0.5, 0.6) is 5.75 Å². The number of fused-ring (bicyclic) bond motifs is 1. The number of hydrogen-bond acceptors (Lipinski definition) is 5. The molecular formula is C21H20FN3O3. The highest BCUT2D eigenvalue weighted by Gasteiger charge is 2.27. The predicted octanol–water partition coefficient (Wildman–Crippen LogP) is 3.56. The van der Waals surface area contributed by atoms with Crippen LogP contribution in [-0.4, -0.2) is 28.7 Å². The molecule has 1 N–H and O–H groups in total. The van der Waals surface area contributed by atoms with E-state index >= 15 is 0 Å². The summed E-state index contributed by atoms with van der Waals surface area (Å²) in [4.78, 5) is 16.3. The molecule has 0 bridgehead atoms. The van der Waals surface area contributed by atoms with Gasteiger partial charge in [0.1, 0.15) is 11.9 Å². The number of hydrogen-bond donors (Lipinski definition) is 1. The minimum Gasteiger partial charge on any atom is -0.485 e. The summed E-state index contributed by atoms with van der Waals surface area (Å²) in [5.74, 6) is 0.189. The lowest BCUT2D eigenvalue weighted by molar-refractivity contribution is 0.0923. The third-order valence-corrected chi connectivity index (χ3v) is 4.63.